The first-order valence-electron chi connectivity index (χ1n) is 30.5. The molecule has 1 unspecified atom stereocenters. The molecule has 6 atom stereocenters. The normalized spacial score (nSPS) is 31.8. The number of Topliss-reactive ketones (excluding diaryl/α,β-unsaturated/α-hetero) is 1. The maximum Gasteiger partial charge on any atom is 0.307 e. The minimum absolute atomic E-state index is 0. The third-order valence-corrected chi connectivity index (χ3v) is 22.9. The van der Waals surface area contributed by atoms with Gasteiger partial charge in [-0.25, -0.2) is 28.7 Å². The first-order chi connectivity index (χ1) is 41.0. The minimum atomic E-state index is -1.31. The number of amides is 2. The Morgan fingerprint density at radius 3 is 1.40 bits per heavy atom. The van der Waals surface area contributed by atoms with Gasteiger partial charge < -0.3 is 41.2 Å². The third-order valence-electron chi connectivity index (χ3n) is 22.0. The van der Waals surface area contributed by atoms with Crippen molar-refractivity contribution in [2.75, 3.05) is 38.1 Å². The van der Waals surface area contributed by atoms with Crippen molar-refractivity contribution in [3.05, 3.63) is 103 Å². The van der Waals surface area contributed by atoms with E-state index in [4.69, 9.17) is 61.6 Å². The Morgan fingerprint density at radius 1 is 0.614 bits per heavy atom. The van der Waals surface area contributed by atoms with Crippen molar-refractivity contribution in [3.63, 3.8) is 0 Å². The van der Waals surface area contributed by atoms with Crippen LogP contribution in [0.25, 0.3) is 0 Å². The highest BCUT2D eigenvalue weighted by Crippen LogP contribution is 2.74. The monoisotopic (exact) mass is 1320 g/mol. The number of methoxy groups -OCH3 is 2. The Morgan fingerprint density at radius 2 is 1.00 bits per heavy atom. The number of carboxylic acid groups (broad SMARTS) is 1. The summed E-state index contributed by atoms with van der Waals surface area (Å²) >= 11 is 24.7. The topological polar surface area (TPSA) is 249 Å². The second-order valence-corrected chi connectivity index (χ2v) is 29.7. The van der Waals surface area contributed by atoms with Crippen LogP contribution in [0.1, 0.15) is 184 Å². The smallest absolute Gasteiger partial charge is 0.307 e. The van der Waals surface area contributed by atoms with Gasteiger partial charge in [0, 0.05) is 68.0 Å². The van der Waals surface area contributed by atoms with Crippen LogP contribution in [-0.4, -0.2) is 103 Å². The maximum atomic E-state index is 16.1. The molecule has 0 saturated heterocycles. The number of carboxylic acids is 1. The summed E-state index contributed by atoms with van der Waals surface area (Å²) in [6.07, 6.45) is 16.0. The largest absolute Gasteiger partial charge is 0.481 e. The highest BCUT2D eigenvalue weighted by molar-refractivity contribution is 6.30. The van der Waals surface area contributed by atoms with Crippen molar-refractivity contribution in [1.82, 2.24) is 19.9 Å². The molecule has 12 rings (SSSR count). The molecule has 2 aliphatic heterocycles. The summed E-state index contributed by atoms with van der Waals surface area (Å²) in [4.78, 5) is 72.2. The molecule has 6 saturated carbocycles. The number of ketones is 1. The van der Waals surface area contributed by atoms with Crippen LogP contribution in [0, 0.1) is 51.0 Å². The summed E-state index contributed by atoms with van der Waals surface area (Å²) in [5, 5.41) is 36.7. The zero-order valence-electron chi connectivity index (χ0n) is 50.8. The van der Waals surface area contributed by atoms with Gasteiger partial charge in [0.15, 0.2) is 21.9 Å². The van der Waals surface area contributed by atoms with Gasteiger partial charge in [-0.3, -0.25) is 19.2 Å². The fraction of sp³-hybridized carbons (Fsp3) is 0.631. The van der Waals surface area contributed by atoms with Gasteiger partial charge in [-0.1, -0.05) is 86.2 Å². The molecule has 7 N–H and O–H groups in total. The van der Waals surface area contributed by atoms with E-state index < -0.39 is 74.1 Å². The molecule has 4 aromatic rings. The SMILES string of the molecule is CC1(C)CCC2(CC1)C[C@@H](C(=O)O)[C@H](c1ccnc(Cl)c1F)C21C(=O)Nc2nc(Cl)ccc21.COCC1(O)CCC(CC(=O)[C@@H]2CC3(CCC(C)(C)CC3)[C@@]3(C(=O)Nc4nc(Cl)ccc43)[C@H]2c2ccnc(Cl)c2F)CC1.COCC1(O)CCC(N)CC1.Cl. The number of anilines is 2. The van der Waals surface area contributed by atoms with E-state index in [1.807, 2.05) is 6.07 Å². The highest BCUT2D eigenvalue weighted by atomic mass is 35.5. The lowest BCUT2D eigenvalue weighted by atomic mass is 9.51. The van der Waals surface area contributed by atoms with Gasteiger partial charge in [0.1, 0.15) is 27.7 Å². The molecular formula is C65H82Cl5F2N7O9. The fourth-order valence-corrected chi connectivity index (χ4v) is 18.0. The zero-order chi connectivity index (χ0) is 62.9. The third kappa shape index (κ3) is 12.1. The van der Waals surface area contributed by atoms with Crippen molar-refractivity contribution in [3.8, 4) is 0 Å². The molecule has 8 aliphatic rings. The number of nitrogens with one attached hydrogen (secondary N) is 2. The van der Waals surface area contributed by atoms with Gasteiger partial charge in [-0.15, -0.1) is 12.4 Å². The van der Waals surface area contributed by atoms with Gasteiger partial charge in [0.25, 0.3) is 0 Å². The number of hydrogen-bond donors (Lipinski definition) is 6. The predicted molar refractivity (Wildman–Crippen MR) is 335 cm³/mol. The van der Waals surface area contributed by atoms with Crippen LogP contribution in [-0.2, 0) is 39.5 Å². The molecule has 6 aliphatic carbocycles. The lowest BCUT2D eigenvalue weighted by Crippen LogP contribution is -2.52. The standard InChI is InChI=1S/C33H40Cl2FN3O4.C24H24Cl2FN3O3.C8H17NO2.ClH/c1-30(2)11-13-31(14-12-30)17-21(23(40)16-19-6-9-32(42,10-7-19)18-43-3)25(20-8-15-37-27(35)26(20)36)33(31)22-4-5-24(34)38-28(22)39-29(33)41;1-22(2)6-8-23(9-7-22)11-13(20(31)32)16(12-5-10-28-18(26)17(12)27)24(23)14-3-4-15(25)29-19(14)30-21(24)33;1-11-6-8(10)4-2-7(9)3-5-8;/h4-5,8,15,19,21,25,42H,6-7,9-14,16-18H2,1-3H3,(H,38,39,41);3-5,10,13,16H,6-9,11H2,1-2H3,(H,31,32)(H,29,30,33);7,10H,2-6,9H2,1H3;1H/t19?,21-,25-,32?,33+;13-,16+,24?;;/m01../s1. The number of fused-ring (bicyclic) bond motifs is 6. The van der Waals surface area contributed by atoms with Crippen molar-refractivity contribution in [1.29, 1.82) is 0 Å². The number of hydrogen-bond acceptors (Lipinski definition) is 13. The van der Waals surface area contributed by atoms with Crippen LogP contribution in [0.3, 0.4) is 0 Å². The number of carbonyl (C=O) groups excluding carboxylic acids is 3. The molecular weight excluding hydrogens is 1240 g/mol. The van der Waals surface area contributed by atoms with Crippen LogP contribution in [0.4, 0.5) is 20.4 Å². The number of halogens is 7. The fourth-order valence-electron chi connectivity index (χ4n) is 17.3. The number of pyridine rings is 4. The Labute approximate surface area is 539 Å². The Bertz CT molecular complexity index is 3290. The van der Waals surface area contributed by atoms with Gasteiger partial charge >= 0.3 is 5.97 Å². The van der Waals surface area contributed by atoms with Crippen molar-refractivity contribution in [2.45, 2.75) is 190 Å². The molecule has 0 bridgehead atoms. The van der Waals surface area contributed by atoms with Crippen LogP contribution in [0.5, 0.6) is 0 Å². The van der Waals surface area contributed by atoms with Crippen LogP contribution in [0.15, 0.2) is 48.8 Å². The van der Waals surface area contributed by atoms with E-state index in [0.717, 1.165) is 64.2 Å². The van der Waals surface area contributed by atoms with Gasteiger partial charge in [-0.05, 0) is 179 Å². The molecule has 480 valence electrons. The van der Waals surface area contributed by atoms with Crippen molar-refractivity contribution >= 4 is 94.0 Å². The van der Waals surface area contributed by atoms with E-state index in [1.165, 1.54) is 18.5 Å². The van der Waals surface area contributed by atoms with E-state index in [1.54, 1.807) is 38.5 Å². The molecule has 4 spiro atoms. The average Bonchev–Trinajstić information content (AvgIpc) is 1.51. The molecule has 6 fully saturated rings. The lowest BCUT2D eigenvalue weighted by Gasteiger charge is -2.50. The zero-order valence-corrected chi connectivity index (χ0v) is 54.6. The number of carbonyl (C=O) groups is 4. The number of nitrogens with two attached hydrogens (primary N) is 1. The van der Waals surface area contributed by atoms with Gasteiger partial charge in [0.2, 0.25) is 11.8 Å². The summed E-state index contributed by atoms with van der Waals surface area (Å²) in [7, 11) is 3.20. The Kier molecular flexibility index (Phi) is 19.9. The number of aliphatic hydroxyl groups is 2. The van der Waals surface area contributed by atoms with Crippen LogP contribution >= 0.6 is 58.8 Å². The predicted octanol–water partition coefficient (Wildman–Crippen LogP) is 13.3. The lowest BCUT2D eigenvalue weighted by molar-refractivity contribution is -0.142. The molecule has 0 aromatic carbocycles. The second kappa shape index (κ2) is 25.7. The summed E-state index contributed by atoms with van der Waals surface area (Å²) in [6, 6.07) is 10.2. The minimum Gasteiger partial charge on any atom is -0.481 e. The summed E-state index contributed by atoms with van der Waals surface area (Å²) in [5.74, 6) is -5.68. The number of rotatable bonds is 10. The second-order valence-electron chi connectivity index (χ2n) is 28.2. The molecule has 88 heavy (non-hydrogen) atoms. The quantitative estimate of drug-likeness (QED) is 0.0809. The summed E-state index contributed by atoms with van der Waals surface area (Å²) in [5.41, 5.74) is 2.19. The Hall–Kier alpha value is -4.21. The molecule has 6 heterocycles. The maximum absolute atomic E-state index is 16.1. The van der Waals surface area contributed by atoms with E-state index in [0.29, 0.717) is 80.7 Å². The van der Waals surface area contributed by atoms with Crippen LogP contribution in [0.2, 0.25) is 20.6 Å². The number of nitrogens with zero attached hydrogens (tertiary/aromatic N) is 4. The molecule has 16 nitrogen and oxygen atoms in total. The molecule has 4 aromatic heterocycles. The van der Waals surface area contributed by atoms with Crippen LogP contribution < -0.4 is 16.4 Å². The first kappa shape index (κ1) is 68.2. The summed E-state index contributed by atoms with van der Waals surface area (Å²) < 4.78 is 41.6. The highest BCUT2D eigenvalue weighted by Gasteiger charge is 2.75. The molecule has 2 amide bonds. The number of aliphatic carboxylic acids is 1. The average molecular weight is 1320 g/mol. The van der Waals surface area contributed by atoms with Crippen molar-refractivity contribution in [2.24, 2.45) is 45.1 Å². The van der Waals surface area contributed by atoms with Gasteiger partial charge in [-0.2, -0.15) is 0 Å². The van der Waals surface area contributed by atoms with Crippen molar-refractivity contribution < 1.29 is 52.8 Å². The molecule has 0 radical (unpaired) electrons. The number of ether oxygens (including phenoxy) is 2. The van der Waals surface area contributed by atoms with E-state index >= 15 is 8.78 Å². The van der Waals surface area contributed by atoms with Gasteiger partial charge in [0.05, 0.1) is 41.2 Å². The van der Waals surface area contributed by atoms with E-state index in [2.05, 4.69) is 58.3 Å². The number of aromatic nitrogens is 4. The summed E-state index contributed by atoms with van der Waals surface area (Å²) in [6.45, 7) is 9.55. The molecule has 23 heteroatoms. The van der Waals surface area contributed by atoms with E-state index in [-0.39, 0.29) is 97.6 Å². The van der Waals surface area contributed by atoms with E-state index in [9.17, 15) is 34.5 Å². The first-order valence-corrected chi connectivity index (χ1v) is 32.1. The Balaban J connectivity index is 0.000000181.